The first kappa shape index (κ1) is 13.2. The van der Waals surface area contributed by atoms with Crippen LogP contribution in [-0.2, 0) is 6.42 Å². The summed E-state index contributed by atoms with van der Waals surface area (Å²) in [5.74, 6) is 0.967. The van der Waals surface area contributed by atoms with Gasteiger partial charge in [-0.05, 0) is 38.3 Å². The predicted octanol–water partition coefficient (Wildman–Crippen LogP) is 3.32. The van der Waals surface area contributed by atoms with Gasteiger partial charge in [-0.3, -0.25) is 4.68 Å². The molecule has 1 heterocycles. The maximum Gasteiger partial charge on any atom is 0.0640 e. The molecule has 0 aromatic carbocycles. The highest BCUT2D eigenvalue weighted by Gasteiger charge is 2.22. The second-order valence-electron chi connectivity index (χ2n) is 6.45. The number of aromatic nitrogens is 2. The Morgan fingerprint density at radius 2 is 2.05 bits per heavy atom. The second kappa shape index (κ2) is 6.08. The highest BCUT2D eigenvalue weighted by atomic mass is 15.3. The first-order valence-corrected chi connectivity index (χ1v) is 8.06. The largest absolute Gasteiger partial charge is 0.317 e. The fourth-order valence-electron chi connectivity index (χ4n) is 3.54. The fraction of sp³-hybridized carbons (Fsp3) is 0.812. The van der Waals surface area contributed by atoms with Gasteiger partial charge in [-0.25, -0.2) is 0 Å². The summed E-state index contributed by atoms with van der Waals surface area (Å²) in [4.78, 5) is 0. The molecule has 1 aromatic heterocycles. The van der Waals surface area contributed by atoms with Crippen LogP contribution in [-0.4, -0.2) is 22.9 Å². The summed E-state index contributed by atoms with van der Waals surface area (Å²) in [6.45, 7) is 0. The lowest BCUT2D eigenvalue weighted by molar-refractivity contribution is 0.262. The Kier molecular flexibility index (Phi) is 4.21. The van der Waals surface area contributed by atoms with Crippen molar-refractivity contribution in [3.05, 3.63) is 18.0 Å². The van der Waals surface area contributed by atoms with Crippen molar-refractivity contribution < 1.29 is 0 Å². The van der Waals surface area contributed by atoms with Crippen LogP contribution in [0.2, 0.25) is 0 Å². The average Bonchev–Trinajstić information content (AvgIpc) is 3.02. The van der Waals surface area contributed by atoms with Gasteiger partial charge in [0.25, 0.3) is 0 Å². The van der Waals surface area contributed by atoms with Gasteiger partial charge in [-0.1, -0.05) is 32.1 Å². The summed E-state index contributed by atoms with van der Waals surface area (Å²) in [7, 11) is 2.09. The van der Waals surface area contributed by atoms with Crippen molar-refractivity contribution in [3.8, 4) is 0 Å². The molecule has 1 unspecified atom stereocenters. The van der Waals surface area contributed by atoms with Crippen molar-refractivity contribution in [1.29, 1.82) is 0 Å². The third-order valence-electron chi connectivity index (χ3n) is 5.07. The lowest BCUT2D eigenvalue weighted by Crippen LogP contribution is -2.32. The van der Waals surface area contributed by atoms with Crippen LogP contribution >= 0.6 is 0 Å². The van der Waals surface area contributed by atoms with E-state index in [0.717, 1.165) is 12.3 Å². The van der Waals surface area contributed by atoms with Gasteiger partial charge in [0.1, 0.15) is 0 Å². The molecule has 1 aromatic rings. The summed E-state index contributed by atoms with van der Waals surface area (Å²) in [6.07, 6.45) is 14.3. The molecule has 1 N–H and O–H groups in total. The standard InChI is InChI=1S/C16H27N3/c1-17-15(11-13-5-4-6-13)12-14-9-10-19(18-14)16-7-2-3-8-16/h9-10,13,15-17H,2-8,11-12H2,1H3. The van der Waals surface area contributed by atoms with Crippen LogP contribution in [0.25, 0.3) is 0 Å². The van der Waals surface area contributed by atoms with E-state index in [1.807, 2.05) is 0 Å². The number of rotatable bonds is 6. The van der Waals surface area contributed by atoms with Crippen LogP contribution in [0, 0.1) is 5.92 Å². The Bertz CT molecular complexity index is 388. The molecule has 3 heteroatoms. The van der Waals surface area contributed by atoms with Gasteiger partial charge in [0.05, 0.1) is 11.7 Å². The van der Waals surface area contributed by atoms with Gasteiger partial charge in [-0.2, -0.15) is 5.10 Å². The second-order valence-corrected chi connectivity index (χ2v) is 6.45. The Labute approximate surface area is 116 Å². The Morgan fingerprint density at radius 1 is 1.26 bits per heavy atom. The molecule has 2 aliphatic carbocycles. The number of hydrogen-bond donors (Lipinski definition) is 1. The first-order valence-electron chi connectivity index (χ1n) is 8.06. The quantitative estimate of drug-likeness (QED) is 0.851. The van der Waals surface area contributed by atoms with Crippen LogP contribution in [0.1, 0.15) is 63.1 Å². The van der Waals surface area contributed by atoms with E-state index < -0.39 is 0 Å². The zero-order chi connectivity index (χ0) is 13.1. The Balaban J connectivity index is 1.55. The maximum atomic E-state index is 4.81. The monoisotopic (exact) mass is 261 g/mol. The number of nitrogens with zero attached hydrogens (tertiary/aromatic N) is 2. The van der Waals surface area contributed by atoms with E-state index >= 15 is 0 Å². The molecule has 0 aliphatic heterocycles. The van der Waals surface area contributed by atoms with Crippen LogP contribution in [0.4, 0.5) is 0 Å². The van der Waals surface area contributed by atoms with Crippen molar-refractivity contribution in [2.75, 3.05) is 7.05 Å². The van der Waals surface area contributed by atoms with Gasteiger partial charge in [0, 0.05) is 18.7 Å². The molecule has 0 spiro atoms. The molecule has 3 rings (SSSR count). The highest BCUT2D eigenvalue weighted by Crippen LogP contribution is 2.31. The summed E-state index contributed by atoms with van der Waals surface area (Å²) in [6, 6.07) is 3.51. The van der Waals surface area contributed by atoms with E-state index in [2.05, 4.69) is 29.3 Å². The van der Waals surface area contributed by atoms with E-state index in [4.69, 9.17) is 5.10 Å². The number of likely N-dealkylation sites (N-methyl/N-ethyl adjacent to an activating group) is 1. The van der Waals surface area contributed by atoms with Crippen molar-refractivity contribution in [2.24, 2.45) is 5.92 Å². The third kappa shape index (κ3) is 3.19. The molecule has 1 atom stereocenters. The molecule has 2 saturated carbocycles. The van der Waals surface area contributed by atoms with Gasteiger partial charge in [-0.15, -0.1) is 0 Å². The molecular formula is C16H27N3. The highest BCUT2D eigenvalue weighted by molar-refractivity contribution is 5.03. The minimum Gasteiger partial charge on any atom is -0.317 e. The van der Waals surface area contributed by atoms with E-state index in [9.17, 15) is 0 Å². The molecule has 0 radical (unpaired) electrons. The lowest BCUT2D eigenvalue weighted by atomic mass is 9.80. The van der Waals surface area contributed by atoms with Crippen molar-refractivity contribution in [2.45, 2.75) is 69.9 Å². The Hall–Kier alpha value is -0.830. The zero-order valence-corrected chi connectivity index (χ0v) is 12.1. The smallest absolute Gasteiger partial charge is 0.0640 e. The summed E-state index contributed by atoms with van der Waals surface area (Å²) in [5.41, 5.74) is 1.27. The normalized spacial score (nSPS) is 22.6. The molecule has 19 heavy (non-hydrogen) atoms. The van der Waals surface area contributed by atoms with E-state index in [1.54, 1.807) is 0 Å². The number of nitrogens with one attached hydrogen (secondary N) is 1. The molecule has 2 aliphatic rings. The van der Waals surface area contributed by atoms with Crippen LogP contribution in [0.5, 0.6) is 0 Å². The molecule has 0 amide bonds. The van der Waals surface area contributed by atoms with Gasteiger partial charge in [0.15, 0.2) is 0 Å². The summed E-state index contributed by atoms with van der Waals surface area (Å²) < 4.78 is 2.22. The molecule has 106 valence electrons. The van der Waals surface area contributed by atoms with Crippen molar-refractivity contribution in [1.82, 2.24) is 15.1 Å². The third-order valence-corrected chi connectivity index (χ3v) is 5.07. The van der Waals surface area contributed by atoms with E-state index in [1.165, 1.54) is 57.1 Å². The summed E-state index contributed by atoms with van der Waals surface area (Å²) in [5, 5.41) is 8.29. The minimum absolute atomic E-state index is 0.609. The topological polar surface area (TPSA) is 29.9 Å². The number of hydrogen-bond acceptors (Lipinski definition) is 2. The lowest BCUT2D eigenvalue weighted by Gasteiger charge is -2.29. The minimum atomic E-state index is 0.609. The van der Waals surface area contributed by atoms with Crippen molar-refractivity contribution in [3.63, 3.8) is 0 Å². The molecule has 3 nitrogen and oxygen atoms in total. The summed E-state index contributed by atoms with van der Waals surface area (Å²) >= 11 is 0. The van der Waals surface area contributed by atoms with Crippen LogP contribution in [0.3, 0.4) is 0 Å². The van der Waals surface area contributed by atoms with Gasteiger partial charge in [0.2, 0.25) is 0 Å². The van der Waals surface area contributed by atoms with Crippen LogP contribution in [0.15, 0.2) is 12.3 Å². The van der Waals surface area contributed by atoms with Crippen LogP contribution < -0.4 is 5.32 Å². The molecular weight excluding hydrogens is 234 g/mol. The van der Waals surface area contributed by atoms with E-state index in [0.29, 0.717) is 12.1 Å². The first-order chi connectivity index (χ1) is 9.35. The molecule has 2 fully saturated rings. The predicted molar refractivity (Wildman–Crippen MR) is 78.2 cm³/mol. The molecule has 0 bridgehead atoms. The Morgan fingerprint density at radius 3 is 2.68 bits per heavy atom. The zero-order valence-electron chi connectivity index (χ0n) is 12.1. The SMILES string of the molecule is CNC(Cc1ccn(C2CCCC2)n1)CC1CCC1. The van der Waals surface area contributed by atoms with Gasteiger partial charge < -0.3 is 5.32 Å². The van der Waals surface area contributed by atoms with E-state index in [-0.39, 0.29) is 0 Å². The molecule has 0 saturated heterocycles. The van der Waals surface area contributed by atoms with Crippen molar-refractivity contribution >= 4 is 0 Å². The fourth-order valence-corrected chi connectivity index (χ4v) is 3.54. The van der Waals surface area contributed by atoms with Gasteiger partial charge >= 0.3 is 0 Å². The average molecular weight is 261 g/mol. The maximum absolute atomic E-state index is 4.81.